The normalized spacial score (nSPS) is 22.1. The molecular weight excluding hydrogens is 258 g/mol. The number of piperazine rings is 1. The molecule has 2 aliphatic rings. The van der Waals surface area contributed by atoms with Crippen LogP contribution in [0.15, 0.2) is 18.3 Å². The van der Waals surface area contributed by atoms with E-state index in [1.165, 1.54) is 0 Å². The van der Waals surface area contributed by atoms with E-state index in [0.29, 0.717) is 19.0 Å². The van der Waals surface area contributed by atoms with E-state index in [1.807, 2.05) is 6.07 Å². The average Bonchev–Trinajstić information content (AvgIpc) is 2.95. The summed E-state index contributed by atoms with van der Waals surface area (Å²) in [6, 6.07) is 3.38. The molecule has 2 saturated heterocycles. The monoisotopic (exact) mass is 275 g/mol. The summed E-state index contributed by atoms with van der Waals surface area (Å²) in [5.41, 5.74) is 0.901. The van der Waals surface area contributed by atoms with E-state index in [-0.39, 0.29) is 24.4 Å². The third-order valence-electron chi connectivity index (χ3n) is 3.88. The minimum Gasteiger partial charge on any atom is -0.481 e. The number of amides is 2. The maximum absolute atomic E-state index is 12.4. The van der Waals surface area contributed by atoms with Gasteiger partial charge in [0.1, 0.15) is 12.6 Å². The molecule has 0 aliphatic carbocycles. The molecule has 3 rings (SSSR count). The largest absolute Gasteiger partial charge is 0.481 e. The smallest absolute Gasteiger partial charge is 0.246 e. The highest BCUT2D eigenvalue weighted by Crippen LogP contribution is 2.24. The van der Waals surface area contributed by atoms with Gasteiger partial charge in [0, 0.05) is 25.4 Å². The highest BCUT2D eigenvalue weighted by atomic mass is 16.5. The van der Waals surface area contributed by atoms with Gasteiger partial charge in [0.05, 0.1) is 7.11 Å². The van der Waals surface area contributed by atoms with Gasteiger partial charge in [-0.25, -0.2) is 4.98 Å². The van der Waals surface area contributed by atoms with Crippen LogP contribution in [0.2, 0.25) is 0 Å². The van der Waals surface area contributed by atoms with E-state index in [0.717, 1.165) is 18.4 Å². The van der Waals surface area contributed by atoms with E-state index in [4.69, 9.17) is 4.74 Å². The number of ether oxygens (including phenoxy) is 1. The Bertz CT molecular complexity index is 529. The van der Waals surface area contributed by atoms with Gasteiger partial charge in [-0.3, -0.25) is 9.59 Å². The summed E-state index contributed by atoms with van der Waals surface area (Å²) in [7, 11) is 1.56. The Labute approximate surface area is 117 Å². The molecule has 2 aliphatic heterocycles. The number of aromatic nitrogens is 1. The first-order valence-corrected chi connectivity index (χ1v) is 6.76. The molecule has 1 unspecified atom stereocenters. The molecule has 3 heterocycles. The molecule has 1 atom stereocenters. The van der Waals surface area contributed by atoms with Crippen LogP contribution in [-0.4, -0.2) is 52.8 Å². The highest BCUT2D eigenvalue weighted by Gasteiger charge is 2.41. The zero-order valence-electron chi connectivity index (χ0n) is 11.4. The predicted molar refractivity (Wildman–Crippen MR) is 70.9 cm³/mol. The molecular formula is C14H17N3O3. The molecule has 6 nitrogen and oxygen atoms in total. The number of carbonyl (C=O) groups excluding carboxylic acids is 2. The molecule has 20 heavy (non-hydrogen) atoms. The van der Waals surface area contributed by atoms with Crippen molar-refractivity contribution in [1.29, 1.82) is 0 Å². The Hall–Kier alpha value is -2.11. The van der Waals surface area contributed by atoms with E-state index < -0.39 is 0 Å². The first-order valence-electron chi connectivity index (χ1n) is 6.76. The Morgan fingerprint density at radius 2 is 2.25 bits per heavy atom. The molecule has 6 heteroatoms. The number of hydrogen-bond donors (Lipinski definition) is 0. The van der Waals surface area contributed by atoms with Crippen molar-refractivity contribution in [2.75, 3.05) is 20.2 Å². The van der Waals surface area contributed by atoms with Crippen molar-refractivity contribution in [3.05, 3.63) is 23.9 Å². The van der Waals surface area contributed by atoms with E-state index in [1.54, 1.807) is 29.2 Å². The summed E-state index contributed by atoms with van der Waals surface area (Å²) >= 11 is 0. The summed E-state index contributed by atoms with van der Waals surface area (Å²) in [5, 5.41) is 0. The van der Waals surface area contributed by atoms with Gasteiger partial charge in [-0.15, -0.1) is 0 Å². The van der Waals surface area contributed by atoms with Crippen LogP contribution in [0.25, 0.3) is 0 Å². The SMILES string of the molecule is COc1ccc(CN2CC(=O)N3CCCC3C2=O)cn1. The number of carbonyl (C=O) groups is 2. The number of rotatable bonds is 3. The van der Waals surface area contributed by atoms with Crippen LogP contribution < -0.4 is 4.74 Å². The minimum atomic E-state index is -0.248. The third kappa shape index (κ3) is 2.21. The fraction of sp³-hybridized carbons (Fsp3) is 0.500. The lowest BCUT2D eigenvalue weighted by molar-refractivity contribution is -0.154. The molecule has 2 amide bonds. The number of methoxy groups -OCH3 is 1. The van der Waals surface area contributed by atoms with Crippen molar-refractivity contribution in [3.63, 3.8) is 0 Å². The summed E-state index contributed by atoms with van der Waals surface area (Å²) in [6.45, 7) is 1.31. The van der Waals surface area contributed by atoms with Gasteiger partial charge in [0.25, 0.3) is 0 Å². The van der Waals surface area contributed by atoms with E-state index in [9.17, 15) is 9.59 Å². The molecule has 1 aromatic rings. The second kappa shape index (κ2) is 5.11. The predicted octanol–water partition coefficient (Wildman–Crippen LogP) is 0.423. The Balaban J connectivity index is 1.73. The van der Waals surface area contributed by atoms with Crippen molar-refractivity contribution in [3.8, 4) is 5.88 Å². The Morgan fingerprint density at radius 3 is 2.95 bits per heavy atom. The lowest BCUT2D eigenvalue weighted by Gasteiger charge is -2.36. The molecule has 2 fully saturated rings. The lowest BCUT2D eigenvalue weighted by Crippen LogP contribution is -2.56. The molecule has 0 N–H and O–H groups in total. The van der Waals surface area contributed by atoms with Crippen LogP contribution in [0.4, 0.5) is 0 Å². The molecule has 0 saturated carbocycles. The molecule has 1 aromatic heterocycles. The van der Waals surface area contributed by atoms with Crippen molar-refractivity contribution >= 4 is 11.8 Å². The van der Waals surface area contributed by atoms with Crippen molar-refractivity contribution < 1.29 is 14.3 Å². The molecule has 0 aromatic carbocycles. The minimum absolute atomic E-state index is 0.0496. The van der Waals surface area contributed by atoms with Crippen LogP contribution in [-0.2, 0) is 16.1 Å². The maximum atomic E-state index is 12.4. The van der Waals surface area contributed by atoms with Crippen molar-refractivity contribution in [2.24, 2.45) is 0 Å². The van der Waals surface area contributed by atoms with Gasteiger partial charge in [0.2, 0.25) is 17.7 Å². The van der Waals surface area contributed by atoms with E-state index in [2.05, 4.69) is 4.98 Å². The number of fused-ring (bicyclic) bond motifs is 1. The van der Waals surface area contributed by atoms with E-state index >= 15 is 0 Å². The molecule has 0 bridgehead atoms. The number of pyridine rings is 1. The zero-order chi connectivity index (χ0) is 14.1. The molecule has 0 radical (unpaired) electrons. The zero-order valence-corrected chi connectivity index (χ0v) is 11.4. The van der Waals surface area contributed by atoms with Crippen LogP contribution >= 0.6 is 0 Å². The van der Waals surface area contributed by atoms with Gasteiger partial charge in [0.15, 0.2) is 0 Å². The first-order chi connectivity index (χ1) is 9.69. The topological polar surface area (TPSA) is 62.7 Å². The van der Waals surface area contributed by atoms with Crippen LogP contribution in [0.3, 0.4) is 0 Å². The number of nitrogens with zero attached hydrogens (tertiary/aromatic N) is 3. The molecule has 0 spiro atoms. The van der Waals surface area contributed by atoms with Crippen LogP contribution in [0.1, 0.15) is 18.4 Å². The lowest BCUT2D eigenvalue weighted by atomic mass is 10.1. The average molecular weight is 275 g/mol. The summed E-state index contributed by atoms with van der Waals surface area (Å²) in [4.78, 5) is 31.8. The fourth-order valence-electron chi connectivity index (χ4n) is 2.84. The number of hydrogen-bond acceptors (Lipinski definition) is 4. The Morgan fingerprint density at radius 1 is 1.40 bits per heavy atom. The van der Waals surface area contributed by atoms with Gasteiger partial charge in [-0.2, -0.15) is 0 Å². The van der Waals surface area contributed by atoms with Gasteiger partial charge in [-0.05, 0) is 18.4 Å². The standard InChI is InChI=1S/C14H17N3O3/c1-20-12-5-4-10(7-15-12)8-16-9-13(18)17-6-2-3-11(17)14(16)19/h4-5,7,11H,2-3,6,8-9H2,1H3. The molecule has 106 valence electrons. The van der Waals surface area contributed by atoms with Crippen molar-refractivity contribution in [1.82, 2.24) is 14.8 Å². The second-order valence-corrected chi connectivity index (χ2v) is 5.15. The maximum Gasteiger partial charge on any atom is 0.246 e. The van der Waals surface area contributed by atoms with Gasteiger partial charge >= 0.3 is 0 Å². The highest BCUT2D eigenvalue weighted by molar-refractivity contribution is 5.95. The second-order valence-electron chi connectivity index (χ2n) is 5.15. The summed E-state index contributed by atoms with van der Waals surface area (Å²) in [5.74, 6) is 0.642. The van der Waals surface area contributed by atoms with Crippen LogP contribution in [0, 0.1) is 0 Å². The van der Waals surface area contributed by atoms with Gasteiger partial charge in [-0.1, -0.05) is 6.07 Å². The Kier molecular flexibility index (Phi) is 3.30. The van der Waals surface area contributed by atoms with Crippen molar-refractivity contribution in [2.45, 2.75) is 25.4 Å². The summed E-state index contributed by atoms with van der Waals surface area (Å²) < 4.78 is 5.00. The summed E-state index contributed by atoms with van der Waals surface area (Å²) in [6.07, 6.45) is 3.37. The fourth-order valence-corrected chi connectivity index (χ4v) is 2.84. The quantitative estimate of drug-likeness (QED) is 0.802. The van der Waals surface area contributed by atoms with Crippen LogP contribution in [0.5, 0.6) is 5.88 Å². The first kappa shape index (κ1) is 12.9. The van der Waals surface area contributed by atoms with Gasteiger partial charge < -0.3 is 14.5 Å². The third-order valence-corrected chi connectivity index (χ3v) is 3.88.